The number of nitrogens with one attached hydrogen (secondary N) is 3. The van der Waals surface area contributed by atoms with E-state index in [4.69, 9.17) is 10.8 Å². The van der Waals surface area contributed by atoms with Crippen molar-refractivity contribution in [1.29, 1.82) is 10.8 Å². The molecule has 1 aliphatic heterocycles. The lowest BCUT2D eigenvalue weighted by molar-refractivity contribution is -0.364. The van der Waals surface area contributed by atoms with Gasteiger partial charge in [-0.05, 0) is 35.3 Å². The normalized spacial score (nSPS) is 17.3. The Morgan fingerprint density at radius 1 is 1.19 bits per heavy atom. The monoisotopic (exact) mass is 426 g/mol. The van der Waals surface area contributed by atoms with Gasteiger partial charge in [0.05, 0.1) is 17.4 Å². The summed E-state index contributed by atoms with van der Waals surface area (Å²) >= 11 is 0. The molecular formula is C19H16F2N8O2. The first-order valence-corrected chi connectivity index (χ1v) is 8.90. The van der Waals surface area contributed by atoms with Gasteiger partial charge in [-0.2, -0.15) is 23.5 Å². The molecular weight excluding hydrogens is 410 g/mol. The summed E-state index contributed by atoms with van der Waals surface area (Å²) in [6, 6.07) is 9.94. The fourth-order valence-corrected chi connectivity index (χ4v) is 2.86. The fraction of sp³-hybridized carbons (Fsp3) is 0.105. The van der Waals surface area contributed by atoms with Crippen molar-refractivity contribution in [3.05, 3.63) is 71.6 Å². The quantitative estimate of drug-likeness (QED) is 0.335. The summed E-state index contributed by atoms with van der Waals surface area (Å²) in [6.07, 6.45) is 4.34. The van der Waals surface area contributed by atoms with E-state index in [0.717, 1.165) is 0 Å². The van der Waals surface area contributed by atoms with Crippen LogP contribution in [-0.4, -0.2) is 38.9 Å². The van der Waals surface area contributed by atoms with Crippen molar-refractivity contribution in [3.63, 3.8) is 0 Å². The van der Waals surface area contributed by atoms with Gasteiger partial charge >= 0.3 is 5.92 Å². The predicted octanol–water partition coefficient (Wildman–Crippen LogP) is 2.17. The molecule has 0 saturated heterocycles. The third-order valence-electron chi connectivity index (χ3n) is 4.39. The van der Waals surface area contributed by atoms with E-state index < -0.39 is 17.3 Å². The van der Waals surface area contributed by atoms with Crippen molar-refractivity contribution in [2.24, 2.45) is 5.16 Å². The van der Waals surface area contributed by atoms with Crippen molar-refractivity contribution in [3.8, 4) is 0 Å². The third kappa shape index (κ3) is 4.01. The molecule has 0 unspecified atom stereocenters. The number of hydrogen-bond acceptors (Lipinski definition) is 9. The van der Waals surface area contributed by atoms with Crippen LogP contribution in [0.5, 0.6) is 0 Å². The van der Waals surface area contributed by atoms with Gasteiger partial charge in [-0.1, -0.05) is 22.9 Å². The topological polar surface area (TPSA) is 125 Å². The molecule has 4 rings (SSSR count). The van der Waals surface area contributed by atoms with E-state index in [-0.39, 0.29) is 11.2 Å². The molecule has 3 N–H and O–H groups in total. The van der Waals surface area contributed by atoms with Gasteiger partial charge < -0.3 is 0 Å². The first-order valence-electron chi connectivity index (χ1n) is 8.90. The number of halogens is 2. The number of rotatable bonds is 3. The van der Waals surface area contributed by atoms with Crippen LogP contribution in [0.4, 0.5) is 8.78 Å². The number of alkyl halides is 2. The number of aromatic nitrogens is 3. The smallest absolute Gasteiger partial charge is 0.292 e. The van der Waals surface area contributed by atoms with Crippen LogP contribution in [0.1, 0.15) is 11.3 Å². The Bertz CT molecular complexity index is 1270. The van der Waals surface area contributed by atoms with Crippen molar-refractivity contribution < 1.29 is 18.8 Å². The minimum atomic E-state index is -3.71. The second-order valence-electron chi connectivity index (χ2n) is 6.53. The second-order valence-corrected chi connectivity index (χ2v) is 6.53. The van der Waals surface area contributed by atoms with Crippen molar-refractivity contribution in [2.45, 2.75) is 5.92 Å². The molecule has 3 aromatic rings. The maximum Gasteiger partial charge on any atom is 0.331 e. The molecule has 12 heteroatoms. The number of oxime groups is 1. The van der Waals surface area contributed by atoms with E-state index >= 15 is 8.78 Å². The molecule has 0 amide bonds. The lowest BCUT2D eigenvalue weighted by Crippen LogP contribution is -2.39. The summed E-state index contributed by atoms with van der Waals surface area (Å²) in [5.41, 5.74) is 2.69. The highest BCUT2D eigenvalue weighted by Gasteiger charge is 2.39. The van der Waals surface area contributed by atoms with E-state index in [2.05, 4.69) is 30.8 Å². The molecule has 0 fully saturated rings. The first-order chi connectivity index (χ1) is 14.9. The Morgan fingerprint density at radius 3 is 2.87 bits per heavy atom. The zero-order valence-electron chi connectivity index (χ0n) is 16.1. The molecule has 3 heterocycles. The summed E-state index contributed by atoms with van der Waals surface area (Å²) in [4.78, 5) is 13.1. The van der Waals surface area contributed by atoms with Crippen LogP contribution in [0.3, 0.4) is 0 Å². The minimum absolute atomic E-state index is 0.183. The van der Waals surface area contributed by atoms with Gasteiger partial charge in [-0.3, -0.25) is 20.8 Å². The van der Waals surface area contributed by atoms with Gasteiger partial charge in [0.1, 0.15) is 5.49 Å². The summed E-state index contributed by atoms with van der Waals surface area (Å²) in [5.74, 6) is -4.88. The van der Waals surface area contributed by atoms with E-state index in [0.29, 0.717) is 21.2 Å². The number of allylic oxidation sites excluding steroid dienone is 1. The summed E-state index contributed by atoms with van der Waals surface area (Å²) in [5, 5.41) is 25.6. The minimum Gasteiger partial charge on any atom is -0.292 e. The first kappa shape index (κ1) is 20.3. The number of fused-ring (bicyclic) bond motifs is 1. The SMILES string of the molecule is CN1/C=C(c2ccc(=N)n(C(=N)C(F)(F)c3ccc4ncccc4c3)n2)\C=N/OON1. The standard InChI is InChI=1S/C19H16F2N8O2/c1-28-11-13(10-25-30-31-27-28)16-6-7-17(22)29(26-16)18(23)19(20,21)14-4-5-15-12(9-14)3-2-8-24-15/h2-11,22-23,27H,1H3/b13-11+,22-17?,23-18?,25-10-. The van der Waals surface area contributed by atoms with Gasteiger partial charge in [0.15, 0.2) is 5.84 Å². The molecule has 1 aliphatic rings. The molecule has 2 aromatic heterocycles. The van der Waals surface area contributed by atoms with E-state index in [9.17, 15) is 0 Å². The Kier molecular flexibility index (Phi) is 5.23. The number of hydrogen-bond donors (Lipinski definition) is 3. The summed E-state index contributed by atoms with van der Waals surface area (Å²) in [6.45, 7) is 0. The number of hydrazine groups is 1. The molecule has 0 radical (unpaired) electrons. The average Bonchev–Trinajstić information content (AvgIpc) is 2.75. The van der Waals surface area contributed by atoms with Gasteiger partial charge in [-0.15, -0.1) is 0 Å². The van der Waals surface area contributed by atoms with Crippen LogP contribution in [0.25, 0.3) is 16.5 Å². The number of pyridine rings is 1. The molecule has 0 spiro atoms. The van der Waals surface area contributed by atoms with Crippen LogP contribution >= 0.6 is 0 Å². The maximum atomic E-state index is 15.2. The Balaban J connectivity index is 1.74. The summed E-state index contributed by atoms with van der Waals surface area (Å²) in [7, 11) is 1.60. The highest BCUT2D eigenvalue weighted by Crippen LogP contribution is 2.31. The van der Waals surface area contributed by atoms with Crippen molar-refractivity contribution >= 4 is 28.5 Å². The van der Waals surface area contributed by atoms with Crippen molar-refractivity contribution in [2.75, 3.05) is 7.05 Å². The van der Waals surface area contributed by atoms with Gasteiger partial charge in [-0.25, -0.2) is 0 Å². The fourth-order valence-electron chi connectivity index (χ4n) is 2.86. The van der Waals surface area contributed by atoms with Gasteiger partial charge in [0, 0.05) is 36.0 Å². The molecule has 0 saturated carbocycles. The Morgan fingerprint density at radius 2 is 2.03 bits per heavy atom. The van der Waals surface area contributed by atoms with Crippen LogP contribution in [0.15, 0.2) is 60.0 Å². The molecule has 10 nitrogen and oxygen atoms in total. The zero-order chi connectivity index (χ0) is 22.0. The maximum absolute atomic E-state index is 15.2. The molecule has 0 bridgehead atoms. The molecule has 0 atom stereocenters. The van der Waals surface area contributed by atoms with Crippen LogP contribution < -0.4 is 11.1 Å². The highest BCUT2D eigenvalue weighted by molar-refractivity contribution is 6.08. The number of benzene rings is 1. The van der Waals surface area contributed by atoms with Crippen LogP contribution in [0, 0.1) is 10.8 Å². The molecule has 1 aromatic carbocycles. The largest absolute Gasteiger partial charge is 0.331 e. The highest BCUT2D eigenvalue weighted by atomic mass is 19.3. The summed E-state index contributed by atoms with van der Waals surface area (Å²) < 4.78 is 31.0. The number of nitrogens with zero attached hydrogens (tertiary/aromatic N) is 5. The van der Waals surface area contributed by atoms with E-state index in [1.54, 1.807) is 25.4 Å². The third-order valence-corrected chi connectivity index (χ3v) is 4.39. The lowest BCUT2D eigenvalue weighted by Gasteiger charge is -2.20. The Labute approximate surface area is 173 Å². The van der Waals surface area contributed by atoms with E-state index in [1.807, 2.05) is 0 Å². The second kappa shape index (κ2) is 8.01. The van der Waals surface area contributed by atoms with Gasteiger partial charge in [0.25, 0.3) is 0 Å². The Hall–Kier alpha value is -4.03. The van der Waals surface area contributed by atoms with Gasteiger partial charge in [0.2, 0.25) is 0 Å². The predicted molar refractivity (Wildman–Crippen MR) is 106 cm³/mol. The van der Waals surface area contributed by atoms with E-state index in [1.165, 1.54) is 47.8 Å². The van der Waals surface area contributed by atoms with Crippen LogP contribution in [0.2, 0.25) is 0 Å². The molecule has 158 valence electrons. The van der Waals surface area contributed by atoms with Crippen LogP contribution in [-0.2, 0) is 15.9 Å². The average molecular weight is 426 g/mol. The molecule has 31 heavy (non-hydrogen) atoms. The van der Waals surface area contributed by atoms with Crippen molar-refractivity contribution in [1.82, 2.24) is 25.4 Å². The molecule has 0 aliphatic carbocycles. The zero-order valence-corrected chi connectivity index (χ0v) is 16.1. The lowest BCUT2D eigenvalue weighted by atomic mass is 10.0.